The van der Waals surface area contributed by atoms with E-state index < -0.39 is 4.92 Å². The molecule has 0 bridgehead atoms. The van der Waals surface area contributed by atoms with Gasteiger partial charge in [0.05, 0.1) is 15.5 Å². The first-order valence-electron chi connectivity index (χ1n) is 8.49. The van der Waals surface area contributed by atoms with Crippen LogP contribution in [-0.4, -0.2) is 52.7 Å². The number of carbonyl (C=O) groups excluding carboxylic acids is 2. The van der Waals surface area contributed by atoms with E-state index >= 15 is 0 Å². The van der Waals surface area contributed by atoms with Crippen molar-refractivity contribution in [1.29, 1.82) is 0 Å². The Morgan fingerprint density at radius 2 is 1.72 bits per heavy atom. The van der Waals surface area contributed by atoms with Crippen molar-refractivity contribution < 1.29 is 14.5 Å². The van der Waals surface area contributed by atoms with Crippen molar-refractivity contribution in [3.63, 3.8) is 0 Å². The van der Waals surface area contributed by atoms with E-state index in [1.807, 2.05) is 4.90 Å². The first-order valence-corrected chi connectivity index (χ1v) is 8.87. The number of carbonyl (C=O) groups is 2. The lowest BCUT2D eigenvalue weighted by atomic mass is 9.95. The minimum Gasteiger partial charge on any atom is -0.342 e. The molecule has 0 aliphatic carbocycles. The fourth-order valence-corrected chi connectivity index (χ4v) is 3.68. The van der Waals surface area contributed by atoms with Gasteiger partial charge in [-0.3, -0.25) is 19.7 Å². The fraction of sp³-hybridized carbons (Fsp3) is 0.529. The van der Waals surface area contributed by atoms with E-state index in [0.717, 1.165) is 25.9 Å². The summed E-state index contributed by atoms with van der Waals surface area (Å²) in [5, 5.41) is 11.1. The lowest BCUT2D eigenvalue weighted by molar-refractivity contribution is -0.384. The summed E-state index contributed by atoms with van der Waals surface area (Å²) in [7, 11) is 0. The maximum Gasteiger partial charge on any atom is 0.270 e. The van der Waals surface area contributed by atoms with Gasteiger partial charge in [-0.05, 0) is 31.7 Å². The summed E-state index contributed by atoms with van der Waals surface area (Å²) in [6, 6.07) is 3.86. The first-order chi connectivity index (χ1) is 12.0. The monoisotopic (exact) mass is 365 g/mol. The van der Waals surface area contributed by atoms with E-state index in [4.69, 9.17) is 11.6 Å². The lowest BCUT2D eigenvalue weighted by Crippen LogP contribution is -2.43. The van der Waals surface area contributed by atoms with Gasteiger partial charge in [0.25, 0.3) is 11.6 Å². The Labute approximate surface area is 150 Å². The normalized spacial score (nSPS) is 18.4. The number of nitro groups is 1. The van der Waals surface area contributed by atoms with Crippen molar-refractivity contribution in [1.82, 2.24) is 9.80 Å². The van der Waals surface area contributed by atoms with Gasteiger partial charge in [0.2, 0.25) is 5.91 Å². The van der Waals surface area contributed by atoms with Crippen LogP contribution in [0.5, 0.6) is 0 Å². The third-order valence-corrected chi connectivity index (χ3v) is 5.27. The van der Waals surface area contributed by atoms with Crippen LogP contribution in [0.1, 0.15) is 36.0 Å². The number of amides is 2. The number of rotatable bonds is 3. The van der Waals surface area contributed by atoms with Crippen LogP contribution in [0.25, 0.3) is 0 Å². The Bertz CT molecular complexity index is 695. The van der Waals surface area contributed by atoms with E-state index in [1.165, 1.54) is 18.2 Å². The van der Waals surface area contributed by atoms with Crippen molar-refractivity contribution in [2.45, 2.75) is 25.7 Å². The van der Waals surface area contributed by atoms with E-state index in [2.05, 4.69) is 0 Å². The van der Waals surface area contributed by atoms with E-state index in [-0.39, 0.29) is 34.0 Å². The molecule has 7 nitrogen and oxygen atoms in total. The smallest absolute Gasteiger partial charge is 0.270 e. The van der Waals surface area contributed by atoms with Gasteiger partial charge in [0.1, 0.15) is 0 Å². The number of piperidine rings is 1. The van der Waals surface area contributed by atoms with Gasteiger partial charge in [-0.2, -0.15) is 0 Å². The molecular weight excluding hydrogens is 346 g/mol. The molecule has 2 aliphatic heterocycles. The minimum atomic E-state index is -0.548. The molecule has 0 radical (unpaired) electrons. The average Bonchev–Trinajstić information content (AvgIpc) is 3.15. The summed E-state index contributed by atoms with van der Waals surface area (Å²) in [5.41, 5.74) is -0.0213. The molecule has 2 amide bonds. The van der Waals surface area contributed by atoms with E-state index in [1.54, 1.807) is 4.90 Å². The van der Waals surface area contributed by atoms with Crippen molar-refractivity contribution in [2.24, 2.45) is 5.92 Å². The summed E-state index contributed by atoms with van der Waals surface area (Å²) in [6.07, 6.45) is 3.37. The number of likely N-dealkylation sites (tertiary alicyclic amines) is 2. The van der Waals surface area contributed by atoms with Gasteiger partial charge in [-0.25, -0.2) is 0 Å². The highest BCUT2D eigenvalue weighted by atomic mass is 35.5. The number of hydrogen-bond acceptors (Lipinski definition) is 4. The van der Waals surface area contributed by atoms with Crippen molar-refractivity contribution >= 4 is 29.1 Å². The molecule has 25 heavy (non-hydrogen) atoms. The number of halogens is 1. The van der Waals surface area contributed by atoms with Crippen LogP contribution in [0, 0.1) is 16.0 Å². The highest BCUT2D eigenvalue weighted by Gasteiger charge is 2.32. The molecule has 0 unspecified atom stereocenters. The Balaban J connectivity index is 1.64. The van der Waals surface area contributed by atoms with E-state index in [9.17, 15) is 19.7 Å². The number of nitro benzene ring substituents is 1. The van der Waals surface area contributed by atoms with Crippen LogP contribution in [-0.2, 0) is 4.79 Å². The predicted octanol–water partition coefficient (Wildman–Crippen LogP) is 2.72. The summed E-state index contributed by atoms with van der Waals surface area (Å²) >= 11 is 6.05. The lowest BCUT2D eigenvalue weighted by Gasteiger charge is -2.33. The van der Waals surface area contributed by atoms with Gasteiger partial charge in [-0.1, -0.05) is 11.6 Å². The highest BCUT2D eigenvalue weighted by molar-refractivity contribution is 6.33. The van der Waals surface area contributed by atoms with Crippen molar-refractivity contribution in [2.75, 3.05) is 26.2 Å². The predicted molar refractivity (Wildman–Crippen MR) is 92.5 cm³/mol. The zero-order valence-corrected chi connectivity index (χ0v) is 14.6. The molecule has 0 N–H and O–H groups in total. The molecule has 0 aromatic heterocycles. The Kier molecular flexibility index (Phi) is 5.22. The zero-order chi connectivity index (χ0) is 18.0. The fourth-order valence-electron chi connectivity index (χ4n) is 3.49. The van der Waals surface area contributed by atoms with Crippen LogP contribution >= 0.6 is 11.6 Å². The molecule has 2 aliphatic rings. The maximum absolute atomic E-state index is 12.7. The third kappa shape index (κ3) is 3.76. The Hall–Kier alpha value is -2.15. The molecule has 0 spiro atoms. The molecule has 8 heteroatoms. The standard InChI is InChI=1S/C17H20ClN3O4/c18-15-4-3-13(21(24)25)11-14(15)17(23)20-9-5-12(6-10-20)16(22)19-7-1-2-8-19/h3-4,11-12H,1-2,5-10H2. The molecule has 2 heterocycles. The highest BCUT2D eigenvalue weighted by Crippen LogP contribution is 2.27. The van der Waals surface area contributed by atoms with Gasteiger partial charge in [0, 0.05) is 44.2 Å². The quantitative estimate of drug-likeness (QED) is 0.609. The number of benzene rings is 1. The molecule has 2 saturated heterocycles. The maximum atomic E-state index is 12.7. The number of non-ortho nitro benzene ring substituents is 1. The second-order valence-corrected chi connectivity index (χ2v) is 6.93. The molecule has 0 saturated carbocycles. The second-order valence-electron chi connectivity index (χ2n) is 6.52. The van der Waals surface area contributed by atoms with Crippen LogP contribution in [0.2, 0.25) is 5.02 Å². The van der Waals surface area contributed by atoms with Gasteiger partial charge in [0.15, 0.2) is 0 Å². The third-order valence-electron chi connectivity index (χ3n) is 4.94. The SMILES string of the molecule is O=C(c1cc([N+](=O)[O-])ccc1Cl)N1CCC(C(=O)N2CCCC2)CC1. The van der Waals surface area contributed by atoms with Gasteiger partial charge < -0.3 is 9.80 Å². The zero-order valence-electron chi connectivity index (χ0n) is 13.8. The van der Waals surface area contributed by atoms with Gasteiger partial charge >= 0.3 is 0 Å². The molecular formula is C17H20ClN3O4. The largest absolute Gasteiger partial charge is 0.342 e. The molecule has 0 atom stereocenters. The minimum absolute atomic E-state index is 0.0391. The van der Waals surface area contributed by atoms with E-state index in [0.29, 0.717) is 25.9 Å². The summed E-state index contributed by atoms with van der Waals surface area (Å²) in [6.45, 7) is 2.59. The number of nitrogens with zero attached hydrogens (tertiary/aromatic N) is 3. The second kappa shape index (κ2) is 7.39. The Morgan fingerprint density at radius 3 is 2.32 bits per heavy atom. The number of hydrogen-bond donors (Lipinski definition) is 0. The molecule has 2 fully saturated rings. The summed E-state index contributed by atoms with van der Waals surface area (Å²) in [5.74, 6) is -0.165. The van der Waals surface area contributed by atoms with Crippen LogP contribution in [0.3, 0.4) is 0 Å². The summed E-state index contributed by atoms with van der Waals surface area (Å²) in [4.78, 5) is 39.0. The Morgan fingerprint density at radius 1 is 1.08 bits per heavy atom. The summed E-state index contributed by atoms with van der Waals surface area (Å²) < 4.78 is 0. The molecule has 1 aromatic carbocycles. The van der Waals surface area contributed by atoms with Gasteiger partial charge in [-0.15, -0.1) is 0 Å². The van der Waals surface area contributed by atoms with Crippen LogP contribution < -0.4 is 0 Å². The first kappa shape index (κ1) is 17.7. The van der Waals surface area contributed by atoms with Crippen LogP contribution in [0.15, 0.2) is 18.2 Å². The molecule has 1 aromatic rings. The van der Waals surface area contributed by atoms with Crippen LogP contribution in [0.4, 0.5) is 5.69 Å². The molecule has 3 rings (SSSR count). The topological polar surface area (TPSA) is 83.8 Å². The average molecular weight is 366 g/mol. The molecule has 134 valence electrons. The van der Waals surface area contributed by atoms with Crippen molar-refractivity contribution in [3.05, 3.63) is 38.9 Å². The van der Waals surface area contributed by atoms with Crippen molar-refractivity contribution in [3.8, 4) is 0 Å².